The van der Waals surface area contributed by atoms with E-state index in [0.717, 1.165) is 41.6 Å². The van der Waals surface area contributed by atoms with E-state index in [-0.39, 0.29) is 0 Å². The van der Waals surface area contributed by atoms with Gasteiger partial charge in [0.2, 0.25) is 11.7 Å². The van der Waals surface area contributed by atoms with E-state index in [1.165, 1.54) is 12.8 Å². The average molecular weight is 334 g/mol. The Bertz CT molecular complexity index is 611. The summed E-state index contributed by atoms with van der Waals surface area (Å²) in [7, 11) is 0. The van der Waals surface area contributed by atoms with Gasteiger partial charge in [-0.3, -0.25) is 4.98 Å². The van der Waals surface area contributed by atoms with Crippen molar-refractivity contribution < 1.29 is 4.52 Å². The third kappa shape index (κ3) is 4.04. The molecule has 116 valence electrons. The van der Waals surface area contributed by atoms with Crippen molar-refractivity contribution in [3.63, 3.8) is 0 Å². The predicted molar refractivity (Wildman–Crippen MR) is 91.7 cm³/mol. The predicted octanol–water partition coefficient (Wildman–Crippen LogP) is 3.18. The van der Waals surface area contributed by atoms with E-state index >= 15 is 0 Å². The van der Waals surface area contributed by atoms with E-state index < -0.39 is 0 Å². The molecule has 0 spiro atoms. The maximum Gasteiger partial charge on any atom is 0.226 e. The van der Waals surface area contributed by atoms with Crippen molar-refractivity contribution in [3.8, 4) is 11.4 Å². The second kappa shape index (κ2) is 7.69. The number of nitrogens with zero attached hydrogens (tertiary/aromatic N) is 4. The van der Waals surface area contributed by atoms with Crippen LogP contribution in [0, 0.1) is 0 Å². The largest absolute Gasteiger partial charge is 0.358 e. The highest BCUT2D eigenvalue weighted by Gasteiger charge is 2.15. The number of pyridine rings is 1. The molecule has 2 aromatic rings. The van der Waals surface area contributed by atoms with Crippen molar-refractivity contribution >= 4 is 28.3 Å². The maximum absolute atomic E-state index is 5.44. The Hall–Kier alpha value is -1.47. The monoisotopic (exact) mass is 334 g/mol. The van der Waals surface area contributed by atoms with Crippen molar-refractivity contribution in [3.05, 3.63) is 30.4 Å². The van der Waals surface area contributed by atoms with E-state index in [4.69, 9.17) is 16.7 Å². The van der Waals surface area contributed by atoms with Gasteiger partial charge in [0.1, 0.15) is 4.32 Å². The first-order chi connectivity index (χ1) is 10.8. The fraction of sp³-hybridized carbons (Fsp3) is 0.467. The van der Waals surface area contributed by atoms with E-state index in [0.29, 0.717) is 11.7 Å². The Morgan fingerprint density at radius 1 is 1.27 bits per heavy atom. The molecule has 0 unspecified atom stereocenters. The molecule has 1 aliphatic rings. The van der Waals surface area contributed by atoms with Crippen LogP contribution in [0.2, 0.25) is 0 Å². The lowest BCUT2D eigenvalue weighted by atomic mass is 10.2. The van der Waals surface area contributed by atoms with Crippen LogP contribution in [0.25, 0.3) is 11.4 Å². The Balaban J connectivity index is 1.42. The fourth-order valence-electron chi connectivity index (χ4n) is 2.35. The molecular formula is C15H18N4OS2. The summed E-state index contributed by atoms with van der Waals surface area (Å²) in [6.45, 7) is 2.23. The summed E-state index contributed by atoms with van der Waals surface area (Å²) < 4.78 is 6.32. The van der Waals surface area contributed by atoms with Crippen LogP contribution in [-0.4, -0.2) is 43.2 Å². The lowest BCUT2D eigenvalue weighted by Gasteiger charge is -2.17. The number of thioether (sulfide) groups is 1. The first-order valence-electron chi connectivity index (χ1n) is 7.47. The number of likely N-dealkylation sites (tertiary alicyclic amines) is 1. The third-order valence-electron chi connectivity index (χ3n) is 3.53. The number of thiocarbonyl (C=S) groups is 1. The van der Waals surface area contributed by atoms with Crippen LogP contribution < -0.4 is 0 Å². The molecule has 22 heavy (non-hydrogen) atoms. The average Bonchev–Trinajstić information content (AvgIpc) is 3.24. The Morgan fingerprint density at radius 3 is 2.82 bits per heavy atom. The van der Waals surface area contributed by atoms with E-state index in [9.17, 15) is 0 Å². The molecule has 1 saturated heterocycles. The van der Waals surface area contributed by atoms with Gasteiger partial charge in [-0.15, -0.1) is 0 Å². The standard InChI is InChI=1S/C15H18N4OS2/c21-15(19-9-1-2-10-19)22-11-3-4-13-17-14(18-20-13)12-5-7-16-8-6-12/h5-8H,1-4,9-11H2. The van der Waals surface area contributed by atoms with Gasteiger partial charge in [-0.05, 0) is 31.4 Å². The van der Waals surface area contributed by atoms with Crippen LogP contribution in [0.3, 0.4) is 0 Å². The summed E-state index contributed by atoms with van der Waals surface area (Å²) in [5.41, 5.74) is 0.926. The molecule has 0 aliphatic carbocycles. The van der Waals surface area contributed by atoms with Gasteiger partial charge < -0.3 is 9.42 Å². The minimum atomic E-state index is 0.623. The highest BCUT2D eigenvalue weighted by molar-refractivity contribution is 8.22. The molecular weight excluding hydrogens is 316 g/mol. The minimum Gasteiger partial charge on any atom is -0.358 e. The molecule has 1 aliphatic heterocycles. The Labute approximate surface area is 139 Å². The van der Waals surface area contributed by atoms with Gasteiger partial charge in [0.05, 0.1) is 0 Å². The molecule has 0 atom stereocenters. The molecule has 0 radical (unpaired) electrons. The van der Waals surface area contributed by atoms with Crippen molar-refractivity contribution in [2.45, 2.75) is 25.7 Å². The molecule has 0 saturated carbocycles. The second-order valence-electron chi connectivity index (χ2n) is 5.16. The fourth-order valence-corrected chi connectivity index (χ4v) is 3.61. The highest BCUT2D eigenvalue weighted by atomic mass is 32.2. The molecule has 3 rings (SSSR count). The summed E-state index contributed by atoms with van der Waals surface area (Å²) in [6, 6.07) is 3.75. The topological polar surface area (TPSA) is 55.1 Å². The molecule has 2 aromatic heterocycles. The number of aromatic nitrogens is 3. The molecule has 0 aromatic carbocycles. The molecule has 5 nitrogen and oxygen atoms in total. The normalized spacial score (nSPS) is 14.5. The minimum absolute atomic E-state index is 0.623. The van der Waals surface area contributed by atoms with Crippen LogP contribution in [0.4, 0.5) is 0 Å². The van der Waals surface area contributed by atoms with Gasteiger partial charge in [-0.2, -0.15) is 4.98 Å². The Morgan fingerprint density at radius 2 is 2.05 bits per heavy atom. The first kappa shape index (κ1) is 15.4. The summed E-state index contributed by atoms with van der Waals surface area (Å²) in [5, 5.41) is 4.01. The summed E-state index contributed by atoms with van der Waals surface area (Å²) in [5.74, 6) is 2.29. The number of hydrogen-bond donors (Lipinski definition) is 0. The summed E-state index contributed by atoms with van der Waals surface area (Å²) >= 11 is 7.20. The quantitative estimate of drug-likeness (QED) is 0.615. The second-order valence-corrected chi connectivity index (χ2v) is 6.89. The number of hydrogen-bond acceptors (Lipinski definition) is 6. The molecule has 0 bridgehead atoms. The molecule has 1 fully saturated rings. The zero-order valence-electron chi connectivity index (χ0n) is 12.3. The number of aryl methyl sites for hydroxylation is 1. The third-order valence-corrected chi connectivity index (χ3v) is 5.14. The molecule has 3 heterocycles. The SMILES string of the molecule is S=C(SCCCc1nc(-c2ccncc2)no1)N1CCCC1. The lowest BCUT2D eigenvalue weighted by molar-refractivity contribution is 0.378. The van der Waals surface area contributed by atoms with Gasteiger partial charge in [0.25, 0.3) is 0 Å². The van der Waals surface area contributed by atoms with E-state index in [2.05, 4.69) is 20.0 Å². The zero-order chi connectivity index (χ0) is 15.2. The Kier molecular flexibility index (Phi) is 5.39. The van der Waals surface area contributed by atoms with Gasteiger partial charge in [0.15, 0.2) is 0 Å². The van der Waals surface area contributed by atoms with Crippen LogP contribution in [0.5, 0.6) is 0 Å². The van der Waals surface area contributed by atoms with Crippen LogP contribution in [0.1, 0.15) is 25.2 Å². The van der Waals surface area contributed by atoms with Gasteiger partial charge in [-0.1, -0.05) is 29.1 Å². The lowest BCUT2D eigenvalue weighted by Crippen LogP contribution is -2.23. The van der Waals surface area contributed by atoms with Crippen molar-refractivity contribution in [2.75, 3.05) is 18.8 Å². The maximum atomic E-state index is 5.44. The smallest absolute Gasteiger partial charge is 0.226 e. The van der Waals surface area contributed by atoms with Gasteiger partial charge in [0, 0.05) is 43.2 Å². The number of rotatable bonds is 5. The van der Waals surface area contributed by atoms with Crippen LogP contribution in [-0.2, 0) is 6.42 Å². The molecule has 0 amide bonds. The van der Waals surface area contributed by atoms with Gasteiger partial charge >= 0.3 is 0 Å². The van der Waals surface area contributed by atoms with Crippen molar-refractivity contribution in [1.29, 1.82) is 0 Å². The summed E-state index contributed by atoms with van der Waals surface area (Å²) in [4.78, 5) is 10.7. The zero-order valence-corrected chi connectivity index (χ0v) is 13.9. The first-order valence-corrected chi connectivity index (χ1v) is 8.87. The van der Waals surface area contributed by atoms with Crippen molar-refractivity contribution in [2.24, 2.45) is 0 Å². The molecule has 0 N–H and O–H groups in total. The summed E-state index contributed by atoms with van der Waals surface area (Å²) in [6.07, 6.45) is 7.74. The van der Waals surface area contributed by atoms with Crippen molar-refractivity contribution in [1.82, 2.24) is 20.0 Å². The highest BCUT2D eigenvalue weighted by Crippen LogP contribution is 2.18. The van der Waals surface area contributed by atoms with E-state index in [1.807, 2.05) is 12.1 Å². The molecule has 7 heteroatoms. The van der Waals surface area contributed by atoms with Crippen LogP contribution >= 0.6 is 24.0 Å². The van der Waals surface area contributed by atoms with Crippen LogP contribution in [0.15, 0.2) is 29.0 Å². The van der Waals surface area contributed by atoms with E-state index in [1.54, 1.807) is 24.2 Å². The van der Waals surface area contributed by atoms with Gasteiger partial charge in [-0.25, -0.2) is 0 Å².